The van der Waals surface area contributed by atoms with Crippen LogP contribution in [0.4, 0.5) is 0 Å². The number of carboxylic acids is 1. The maximum atomic E-state index is 10.8. The van der Waals surface area contributed by atoms with E-state index in [4.69, 9.17) is 14.7 Å². The first-order valence-electron chi connectivity index (χ1n) is 6.60. The van der Waals surface area contributed by atoms with Crippen LogP contribution in [0.5, 0.6) is 5.75 Å². The van der Waals surface area contributed by atoms with Gasteiger partial charge in [-0.2, -0.15) is 5.48 Å². The summed E-state index contributed by atoms with van der Waals surface area (Å²) in [5.41, 5.74) is 4.09. The third-order valence-corrected chi connectivity index (χ3v) is 2.74. The van der Waals surface area contributed by atoms with E-state index >= 15 is 0 Å². The van der Waals surface area contributed by atoms with Gasteiger partial charge in [0.2, 0.25) is 0 Å². The molecular weight excluding hydrogens is 270 g/mol. The molecule has 2 aromatic rings. The van der Waals surface area contributed by atoms with Crippen LogP contribution in [-0.2, 0) is 11.4 Å². The molecule has 2 rings (SSSR count). The van der Waals surface area contributed by atoms with E-state index in [-0.39, 0.29) is 5.56 Å². The number of hydroxylamine groups is 1. The zero-order chi connectivity index (χ0) is 14.9. The summed E-state index contributed by atoms with van der Waals surface area (Å²) < 4.78 is 5.44. The van der Waals surface area contributed by atoms with Crippen LogP contribution in [-0.4, -0.2) is 24.2 Å². The van der Waals surface area contributed by atoms with Crippen molar-refractivity contribution in [2.24, 2.45) is 0 Å². The predicted octanol–water partition coefficient (Wildman–Crippen LogP) is 2.49. The predicted molar refractivity (Wildman–Crippen MR) is 78.1 cm³/mol. The third-order valence-electron chi connectivity index (χ3n) is 2.74. The monoisotopic (exact) mass is 287 g/mol. The SMILES string of the molecule is O=C(O)c1cccc(OCCNOCc2ccccc2)c1. The molecule has 21 heavy (non-hydrogen) atoms. The normalized spacial score (nSPS) is 10.3. The molecule has 2 N–H and O–H groups in total. The first kappa shape index (κ1) is 15.0. The van der Waals surface area contributed by atoms with Crippen LogP contribution in [0, 0.1) is 0 Å². The van der Waals surface area contributed by atoms with E-state index in [9.17, 15) is 4.79 Å². The van der Waals surface area contributed by atoms with Gasteiger partial charge in [0.25, 0.3) is 0 Å². The lowest BCUT2D eigenvalue weighted by molar-refractivity contribution is 0.0216. The molecule has 0 aliphatic heterocycles. The summed E-state index contributed by atoms with van der Waals surface area (Å²) in [4.78, 5) is 16.1. The van der Waals surface area contributed by atoms with Gasteiger partial charge in [0.15, 0.2) is 0 Å². The van der Waals surface area contributed by atoms with Gasteiger partial charge in [-0.3, -0.25) is 4.84 Å². The van der Waals surface area contributed by atoms with Crippen LogP contribution in [0.25, 0.3) is 0 Å². The van der Waals surface area contributed by atoms with Crippen molar-refractivity contribution in [1.29, 1.82) is 0 Å². The van der Waals surface area contributed by atoms with Gasteiger partial charge in [-0.05, 0) is 23.8 Å². The van der Waals surface area contributed by atoms with Gasteiger partial charge in [-0.1, -0.05) is 36.4 Å². The van der Waals surface area contributed by atoms with Crippen LogP contribution >= 0.6 is 0 Å². The van der Waals surface area contributed by atoms with Gasteiger partial charge in [-0.15, -0.1) is 0 Å². The topological polar surface area (TPSA) is 67.8 Å². The molecule has 0 aliphatic rings. The molecule has 0 saturated carbocycles. The maximum absolute atomic E-state index is 10.8. The Morgan fingerprint density at radius 3 is 2.67 bits per heavy atom. The van der Waals surface area contributed by atoms with E-state index < -0.39 is 5.97 Å². The fraction of sp³-hybridized carbons (Fsp3) is 0.188. The lowest BCUT2D eigenvalue weighted by atomic mass is 10.2. The Balaban J connectivity index is 1.64. The molecule has 0 amide bonds. The Labute approximate surface area is 123 Å². The molecule has 0 aromatic heterocycles. The Bertz CT molecular complexity index is 571. The van der Waals surface area contributed by atoms with E-state index in [2.05, 4.69) is 5.48 Å². The molecule has 0 radical (unpaired) electrons. The molecule has 0 unspecified atom stereocenters. The molecule has 0 aliphatic carbocycles. The zero-order valence-corrected chi connectivity index (χ0v) is 11.5. The summed E-state index contributed by atoms with van der Waals surface area (Å²) in [7, 11) is 0. The minimum Gasteiger partial charge on any atom is -0.492 e. The number of hydrogen-bond donors (Lipinski definition) is 2. The number of carboxylic acid groups (broad SMARTS) is 1. The fourth-order valence-electron chi connectivity index (χ4n) is 1.71. The lowest BCUT2D eigenvalue weighted by Gasteiger charge is -2.08. The molecule has 0 heterocycles. The molecule has 0 saturated heterocycles. The summed E-state index contributed by atoms with van der Waals surface area (Å²) in [6.45, 7) is 1.37. The average molecular weight is 287 g/mol. The fourth-order valence-corrected chi connectivity index (χ4v) is 1.71. The van der Waals surface area contributed by atoms with Gasteiger partial charge >= 0.3 is 5.97 Å². The number of nitrogens with one attached hydrogen (secondary N) is 1. The first-order valence-corrected chi connectivity index (χ1v) is 6.60. The Kier molecular flexibility index (Phi) is 5.75. The second-order valence-electron chi connectivity index (χ2n) is 4.35. The number of hydrogen-bond acceptors (Lipinski definition) is 4. The van der Waals surface area contributed by atoms with Crippen LogP contribution < -0.4 is 10.2 Å². The summed E-state index contributed by atoms with van der Waals surface area (Å²) in [6, 6.07) is 16.2. The third kappa shape index (κ3) is 5.25. The van der Waals surface area contributed by atoms with E-state index in [1.807, 2.05) is 30.3 Å². The summed E-state index contributed by atoms with van der Waals surface area (Å²) in [5, 5.41) is 8.87. The highest BCUT2D eigenvalue weighted by Gasteiger charge is 2.03. The maximum Gasteiger partial charge on any atom is 0.335 e. The van der Waals surface area contributed by atoms with Gasteiger partial charge in [0.1, 0.15) is 12.4 Å². The Morgan fingerprint density at radius 1 is 1.10 bits per heavy atom. The second kappa shape index (κ2) is 8.04. The highest BCUT2D eigenvalue weighted by Crippen LogP contribution is 2.12. The first-order chi connectivity index (χ1) is 10.3. The number of carbonyl (C=O) groups is 1. The van der Waals surface area contributed by atoms with Crippen molar-refractivity contribution < 1.29 is 19.5 Å². The smallest absolute Gasteiger partial charge is 0.335 e. The Hall–Kier alpha value is -2.37. The van der Waals surface area contributed by atoms with Crippen molar-refractivity contribution in [1.82, 2.24) is 5.48 Å². The number of ether oxygens (including phenoxy) is 1. The standard InChI is InChI=1S/C16H17NO4/c18-16(19)14-7-4-8-15(11-14)20-10-9-17-21-12-13-5-2-1-3-6-13/h1-8,11,17H,9-10,12H2,(H,18,19). The van der Waals surface area contributed by atoms with E-state index in [0.717, 1.165) is 5.56 Å². The van der Waals surface area contributed by atoms with Crippen LogP contribution in [0.3, 0.4) is 0 Å². The molecule has 0 bridgehead atoms. The van der Waals surface area contributed by atoms with Crippen LogP contribution in [0.15, 0.2) is 54.6 Å². The molecule has 5 heteroatoms. The molecule has 0 spiro atoms. The van der Waals surface area contributed by atoms with Crippen molar-refractivity contribution in [3.8, 4) is 5.75 Å². The van der Waals surface area contributed by atoms with Crippen molar-refractivity contribution in [2.45, 2.75) is 6.61 Å². The largest absolute Gasteiger partial charge is 0.492 e. The van der Waals surface area contributed by atoms with Gasteiger partial charge in [-0.25, -0.2) is 4.79 Å². The van der Waals surface area contributed by atoms with Crippen LogP contribution in [0.1, 0.15) is 15.9 Å². The van der Waals surface area contributed by atoms with Crippen molar-refractivity contribution in [2.75, 3.05) is 13.2 Å². The lowest BCUT2D eigenvalue weighted by Crippen LogP contribution is -2.21. The highest BCUT2D eigenvalue weighted by atomic mass is 16.6. The molecule has 5 nitrogen and oxygen atoms in total. The quantitative estimate of drug-likeness (QED) is 0.576. The molecule has 0 fully saturated rings. The number of rotatable bonds is 8. The van der Waals surface area contributed by atoms with Crippen molar-refractivity contribution in [3.63, 3.8) is 0 Å². The molecular formula is C16H17NO4. The second-order valence-corrected chi connectivity index (χ2v) is 4.35. The summed E-state index contributed by atoms with van der Waals surface area (Å²) >= 11 is 0. The highest BCUT2D eigenvalue weighted by molar-refractivity contribution is 5.87. The van der Waals surface area contributed by atoms with Crippen molar-refractivity contribution >= 4 is 5.97 Å². The minimum atomic E-state index is -0.968. The van der Waals surface area contributed by atoms with E-state index in [0.29, 0.717) is 25.5 Å². The molecule has 0 atom stereocenters. The molecule has 110 valence electrons. The van der Waals surface area contributed by atoms with Gasteiger partial charge < -0.3 is 9.84 Å². The molecule has 2 aromatic carbocycles. The summed E-state index contributed by atoms with van der Waals surface area (Å²) in [6.07, 6.45) is 0. The van der Waals surface area contributed by atoms with Gasteiger partial charge in [0.05, 0.1) is 18.7 Å². The number of aromatic carboxylic acids is 1. The average Bonchev–Trinajstić information content (AvgIpc) is 2.52. The van der Waals surface area contributed by atoms with E-state index in [1.165, 1.54) is 12.1 Å². The van der Waals surface area contributed by atoms with Crippen molar-refractivity contribution in [3.05, 3.63) is 65.7 Å². The van der Waals surface area contributed by atoms with Gasteiger partial charge in [0, 0.05) is 0 Å². The van der Waals surface area contributed by atoms with E-state index in [1.54, 1.807) is 12.1 Å². The summed E-state index contributed by atoms with van der Waals surface area (Å²) in [5.74, 6) is -0.440. The van der Waals surface area contributed by atoms with Crippen LogP contribution in [0.2, 0.25) is 0 Å². The zero-order valence-electron chi connectivity index (χ0n) is 11.5. The minimum absolute atomic E-state index is 0.209. The number of benzene rings is 2. The Morgan fingerprint density at radius 2 is 1.90 bits per heavy atom.